The topological polar surface area (TPSA) is 38.0 Å². The Bertz CT molecular complexity index is 473. The smallest absolute Gasteiger partial charge is 0.0285 e. The Labute approximate surface area is 123 Å². The van der Waals surface area contributed by atoms with E-state index in [9.17, 15) is 0 Å². The van der Waals surface area contributed by atoms with E-state index in [0.717, 1.165) is 36.0 Å². The molecule has 1 aromatic carbocycles. The summed E-state index contributed by atoms with van der Waals surface area (Å²) in [6, 6.07) is 8.98. The van der Waals surface area contributed by atoms with Gasteiger partial charge in [0, 0.05) is 10.5 Å². The number of nitrogens with two attached hydrogens (primary N) is 1. The fourth-order valence-electron chi connectivity index (χ4n) is 5.14. The molecule has 3 fully saturated rings. The molecule has 102 valence electrons. The van der Waals surface area contributed by atoms with Crippen LogP contribution in [-0.4, -0.2) is 6.04 Å². The molecule has 19 heavy (non-hydrogen) atoms. The van der Waals surface area contributed by atoms with E-state index in [0.29, 0.717) is 6.04 Å². The largest absolute Gasteiger partial charge is 0.271 e. The lowest BCUT2D eigenvalue weighted by Crippen LogP contribution is -2.40. The number of hydrogen-bond donors (Lipinski definition) is 2. The summed E-state index contributed by atoms with van der Waals surface area (Å²) < 4.78 is 1.21. The maximum atomic E-state index is 5.86. The highest BCUT2D eigenvalue weighted by atomic mass is 79.9. The van der Waals surface area contributed by atoms with Crippen LogP contribution in [0, 0.1) is 29.6 Å². The van der Waals surface area contributed by atoms with E-state index in [1.165, 1.54) is 29.3 Å². The molecule has 3 heteroatoms. The quantitative estimate of drug-likeness (QED) is 0.660. The molecule has 3 N–H and O–H groups in total. The summed E-state index contributed by atoms with van der Waals surface area (Å²) in [5.74, 6) is 10.7. The predicted molar refractivity (Wildman–Crippen MR) is 80.3 cm³/mol. The Balaban J connectivity index is 1.50. The van der Waals surface area contributed by atoms with Crippen LogP contribution in [0.4, 0.5) is 0 Å². The molecule has 3 aliphatic rings. The Morgan fingerprint density at radius 3 is 2.53 bits per heavy atom. The van der Waals surface area contributed by atoms with Crippen molar-refractivity contribution in [1.29, 1.82) is 0 Å². The first-order valence-electron chi connectivity index (χ1n) is 7.49. The molecule has 0 aromatic heterocycles. The number of rotatable bonds is 4. The summed E-state index contributed by atoms with van der Waals surface area (Å²) >= 11 is 3.65. The Morgan fingerprint density at radius 2 is 1.89 bits per heavy atom. The molecule has 4 rings (SSSR count). The number of fused-ring (bicyclic) bond motifs is 5. The minimum absolute atomic E-state index is 0.456. The summed E-state index contributed by atoms with van der Waals surface area (Å²) in [7, 11) is 0. The van der Waals surface area contributed by atoms with E-state index in [4.69, 9.17) is 5.84 Å². The van der Waals surface area contributed by atoms with Gasteiger partial charge in [-0.3, -0.25) is 11.3 Å². The molecular formula is C16H21BrN2. The monoisotopic (exact) mass is 320 g/mol. The molecule has 0 radical (unpaired) electrons. The highest BCUT2D eigenvalue weighted by Gasteiger charge is 2.66. The minimum atomic E-state index is 0.456. The lowest BCUT2D eigenvalue weighted by molar-refractivity contribution is 0.364. The first-order valence-corrected chi connectivity index (χ1v) is 8.28. The van der Waals surface area contributed by atoms with Crippen molar-refractivity contribution in [3.8, 4) is 0 Å². The van der Waals surface area contributed by atoms with Crippen molar-refractivity contribution < 1.29 is 0 Å². The second kappa shape index (κ2) is 4.57. The van der Waals surface area contributed by atoms with Gasteiger partial charge in [-0.05, 0) is 66.9 Å². The molecule has 0 amide bonds. The molecule has 5 unspecified atom stereocenters. The lowest BCUT2D eigenvalue weighted by Gasteiger charge is -2.20. The van der Waals surface area contributed by atoms with Gasteiger partial charge in [-0.1, -0.05) is 34.1 Å². The summed E-state index contributed by atoms with van der Waals surface area (Å²) in [5, 5.41) is 0. The predicted octanol–water partition coefficient (Wildman–Crippen LogP) is 3.12. The van der Waals surface area contributed by atoms with Gasteiger partial charge in [0.1, 0.15) is 0 Å². The zero-order valence-corrected chi connectivity index (χ0v) is 12.6. The van der Waals surface area contributed by atoms with Crippen LogP contribution < -0.4 is 11.3 Å². The van der Waals surface area contributed by atoms with Crippen molar-refractivity contribution in [2.24, 2.45) is 35.4 Å². The molecule has 3 saturated carbocycles. The van der Waals surface area contributed by atoms with Crippen LogP contribution in [0.3, 0.4) is 0 Å². The van der Waals surface area contributed by atoms with Gasteiger partial charge in [0.25, 0.3) is 0 Å². The first-order chi connectivity index (χ1) is 9.29. The van der Waals surface area contributed by atoms with Gasteiger partial charge in [-0.2, -0.15) is 0 Å². The van der Waals surface area contributed by atoms with Crippen molar-refractivity contribution in [3.63, 3.8) is 0 Å². The number of hydrogen-bond acceptors (Lipinski definition) is 2. The highest BCUT2D eigenvalue weighted by Crippen LogP contribution is 2.70. The van der Waals surface area contributed by atoms with Gasteiger partial charge in [0.05, 0.1) is 0 Å². The molecule has 0 heterocycles. The van der Waals surface area contributed by atoms with Crippen LogP contribution in [0.25, 0.3) is 0 Å². The normalized spacial score (nSPS) is 40.2. The fourth-order valence-corrected chi connectivity index (χ4v) is 5.58. The van der Waals surface area contributed by atoms with E-state index in [1.54, 1.807) is 0 Å². The van der Waals surface area contributed by atoms with Crippen molar-refractivity contribution in [2.75, 3.05) is 0 Å². The number of hydrazine groups is 1. The van der Waals surface area contributed by atoms with Crippen LogP contribution in [0.5, 0.6) is 0 Å². The van der Waals surface area contributed by atoms with Crippen molar-refractivity contribution in [2.45, 2.75) is 31.7 Å². The van der Waals surface area contributed by atoms with Crippen LogP contribution in [0.15, 0.2) is 28.7 Å². The van der Waals surface area contributed by atoms with Crippen LogP contribution in [-0.2, 0) is 6.42 Å². The van der Waals surface area contributed by atoms with Gasteiger partial charge >= 0.3 is 0 Å². The molecular weight excluding hydrogens is 300 g/mol. The molecule has 1 aromatic rings. The van der Waals surface area contributed by atoms with Gasteiger partial charge in [0.2, 0.25) is 0 Å². The third-order valence-electron chi connectivity index (χ3n) is 5.87. The summed E-state index contributed by atoms with van der Waals surface area (Å²) in [6.45, 7) is 0. The highest BCUT2D eigenvalue weighted by molar-refractivity contribution is 9.10. The van der Waals surface area contributed by atoms with Crippen LogP contribution in [0.1, 0.15) is 24.8 Å². The van der Waals surface area contributed by atoms with Gasteiger partial charge < -0.3 is 0 Å². The molecule has 5 atom stereocenters. The van der Waals surface area contributed by atoms with Gasteiger partial charge in [-0.15, -0.1) is 0 Å². The average molecular weight is 321 g/mol. The molecule has 3 aliphatic carbocycles. The third kappa shape index (κ3) is 1.90. The molecule has 0 saturated heterocycles. The number of benzene rings is 1. The SMILES string of the molecule is NNC(Cc1ccccc1Br)C1C2C3CCC(C3)C21. The fraction of sp³-hybridized carbons (Fsp3) is 0.625. The van der Waals surface area contributed by atoms with Gasteiger partial charge in [-0.25, -0.2) is 0 Å². The third-order valence-corrected chi connectivity index (χ3v) is 6.64. The number of halogens is 1. The van der Waals surface area contributed by atoms with Crippen LogP contribution in [0.2, 0.25) is 0 Å². The summed E-state index contributed by atoms with van der Waals surface area (Å²) in [6.07, 6.45) is 5.52. The standard InChI is InChI=1S/C16H21BrN2/c17-12-4-2-1-3-9(12)8-13(19-18)16-14-10-5-6-11(7-10)15(14)16/h1-4,10-11,13-16,19H,5-8,18H2. The molecule has 2 nitrogen and oxygen atoms in total. The van der Waals surface area contributed by atoms with E-state index < -0.39 is 0 Å². The Morgan fingerprint density at radius 1 is 1.21 bits per heavy atom. The van der Waals surface area contributed by atoms with E-state index >= 15 is 0 Å². The molecule has 0 aliphatic heterocycles. The summed E-state index contributed by atoms with van der Waals surface area (Å²) in [5.41, 5.74) is 4.49. The second-order valence-corrected chi connectivity index (χ2v) is 7.49. The first kappa shape index (κ1) is 12.4. The zero-order valence-electron chi connectivity index (χ0n) is 11.1. The van der Waals surface area contributed by atoms with E-state index in [1.807, 2.05) is 0 Å². The lowest BCUT2D eigenvalue weighted by atomic mass is 9.94. The van der Waals surface area contributed by atoms with E-state index in [2.05, 4.69) is 45.6 Å². The Kier molecular flexibility index (Phi) is 2.98. The van der Waals surface area contributed by atoms with Crippen molar-refractivity contribution in [3.05, 3.63) is 34.3 Å². The maximum absolute atomic E-state index is 5.86. The molecule has 0 spiro atoms. The van der Waals surface area contributed by atoms with Crippen molar-refractivity contribution >= 4 is 15.9 Å². The Hall–Kier alpha value is -0.380. The van der Waals surface area contributed by atoms with Crippen LogP contribution >= 0.6 is 15.9 Å². The maximum Gasteiger partial charge on any atom is 0.0285 e. The minimum Gasteiger partial charge on any atom is -0.271 e. The van der Waals surface area contributed by atoms with Crippen molar-refractivity contribution in [1.82, 2.24) is 5.43 Å². The second-order valence-electron chi connectivity index (χ2n) is 6.63. The van der Waals surface area contributed by atoms with E-state index in [-0.39, 0.29) is 0 Å². The average Bonchev–Trinajstić information content (AvgIpc) is 2.85. The van der Waals surface area contributed by atoms with Gasteiger partial charge in [0.15, 0.2) is 0 Å². The summed E-state index contributed by atoms with van der Waals surface area (Å²) in [4.78, 5) is 0. The zero-order chi connectivity index (χ0) is 13.0. The molecule has 2 bridgehead atoms. The number of nitrogens with one attached hydrogen (secondary N) is 1.